The molecule has 0 aliphatic carbocycles. The second-order valence-corrected chi connectivity index (χ2v) is 7.35. The molecule has 3 heterocycles. The maximum Gasteiger partial charge on any atom is 0.255 e. The van der Waals surface area contributed by atoms with E-state index in [1.165, 1.54) is 11.1 Å². The SMILES string of the molecule is COc1ccccc1-c1c[nH]c2ncc(-c3cncc(C(O)C(=O)N(C)C)c3)c(N)c12. The van der Waals surface area contributed by atoms with Gasteiger partial charge in [0, 0.05) is 66.7 Å². The molecule has 8 heteroatoms. The van der Waals surface area contributed by atoms with Gasteiger partial charge in [-0.25, -0.2) is 4.98 Å². The summed E-state index contributed by atoms with van der Waals surface area (Å²) >= 11 is 0. The minimum Gasteiger partial charge on any atom is -0.496 e. The zero-order valence-corrected chi connectivity index (χ0v) is 17.5. The predicted octanol–water partition coefficient (Wildman–Crippen LogP) is 3.00. The maximum atomic E-state index is 12.2. The maximum absolute atomic E-state index is 12.2. The lowest BCUT2D eigenvalue weighted by Crippen LogP contribution is -2.28. The zero-order valence-electron chi connectivity index (χ0n) is 17.5. The fourth-order valence-electron chi connectivity index (χ4n) is 3.57. The summed E-state index contributed by atoms with van der Waals surface area (Å²) in [6, 6.07) is 9.38. The molecule has 1 atom stereocenters. The van der Waals surface area contributed by atoms with Gasteiger partial charge in [-0.05, 0) is 12.1 Å². The molecule has 8 nitrogen and oxygen atoms in total. The normalized spacial score (nSPS) is 12.0. The molecule has 1 amide bonds. The Labute approximate surface area is 179 Å². The molecule has 1 aromatic carbocycles. The van der Waals surface area contributed by atoms with Crippen LogP contribution in [0.15, 0.2) is 55.1 Å². The lowest BCUT2D eigenvalue weighted by molar-refractivity contribution is -0.137. The van der Waals surface area contributed by atoms with Gasteiger partial charge in [-0.2, -0.15) is 0 Å². The highest BCUT2D eigenvalue weighted by Crippen LogP contribution is 2.40. The molecule has 4 N–H and O–H groups in total. The Balaban J connectivity index is 1.85. The largest absolute Gasteiger partial charge is 0.496 e. The van der Waals surface area contributed by atoms with Crippen molar-refractivity contribution in [3.05, 3.63) is 60.7 Å². The van der Waals surface area contributed by atoms with Crippen LogP contribution in [-0.4, -0.2) is 52.1 Å². The van der Waals surface area contributed by atoms with Crippen LogP contribution < -0.4 is 10.5 Å². The van der Waals surface area contributed by atoms with Crippen LogP contribution in [0.4, 0.5) is 5.69 Å². The number of pyridine rings is 2. The average Bonchev–Trinajstić information content (AvgIpc) is 3.23. The topological polar surface area (TPSA) is 117 Å². The number of hydrogen-bond donors (Lipinski definition) is 3. The number of aliphatic hydroxyl groups excluding tert-OH is 1. The van der Waals surface area contributed by atoms with Gasteiger partial charge < -0.3 is 25.5 Å². The van der Waals surface area contributed by atoms with Crippen molar-refractivity contribution < 1.29 is 14.6 Å². The summed E-state index contributed by atoms with van der Waals surface area (Å²) in [5.74, 6) is 0.298. The first-order valence-electron chi connectivity index (χ1n) is 9.66. The van der Waals surface area contributed by atoms with E-state index in [0.717, 1.165) is 22.3 Å². The van der Waals surface area contributed by atoms with E-state index in [0.29, 0.717) is 28.0 Å². The number of nitrogens with zero attached hydrogens (tertiary/aromatic N) is 3. The minimum absolute atomic E-state index is 0.384. The second-order valence-electron chi connectivity index (χ2n) is 7.35. The van der Waals surface area contributed by atoms with Gasteiger partial charge in [0.1, 0.15) is 11.4 Å². The number of benzene rings is 1. The van der Waals surface area contributed by atoms with Crippen molar-refractivity contribution >= 4 is 22.6 Å². The summed E-state index contributed by atoms with van der Waals surface area (Å²) in [5.41, 5.74) is 11.2. The molecular weight excluding hydrogens is 394 g/mol. The van der Waals surface area contributed by atoms with Crippen molar-refractivity contribution in [2.24, 2.45) is 0 Å². The number of ether oxygens (including phenoxy) is 1. The number of hydrogen-bond acceptors (Lipinski definition) is 6. The van der Waals surface area contributed by atoms with E-state index >= 15 is 0 Å². The highest BCUT2D eigenvalue weighted by atomic mass is 16.5. The van der Waals surface area contributed by atoms with E-state index < -0.39 is 12.0 Å². The Hall–Kier alpha value is -3.91. The van der Waals surface area contributed by atoms with Gasteiger partial charge in [-0.3, -0.25) is 9.78 Å². The lowest BCUT2D eigenvalue weighted by Gasteiger charge is -2.16. The molecule has 3 aromatic heterocycles. The molecule has 31 heavy (non-hydrogen) atoms. The van der Waals surface area contributed by atoms with Gasteiger partial charge >= 0.3 is 0 Å². The molecule has 4 rings (SSSR count). The minimum atomic E-state index is -1.31. The Morgan fingerprint density at radius 3 is 2.68 bits per heavy atom. The number of H-pyrrole nitrogens is 1. The molecule has 1 unspecified atom stereocenters. The highest BCUT2D eigenvalue weighted by Gasteiger charge is 2.21. The molecule has 0 aliphatic rings. The molecule has 0 saturated heterocycles. The quantitative estimate of drug-likeness (QED) is 0.459. The molecular formula is C23H23N5O3. The smallest absolute Gasteiger partial charge is 0.255 e. The van der Waals surface area contributed by atoms with Crippen LogP contribution in [0, 0.1) is 0 Å². The standard InChI is InChI=1S/C23H23N5O3/c1-28(2)23(30)21(29)14-8-13(9-25-10-14)16-11-26-22-19(20(16)24)17(12-27-22)15-6-4-5-7-18(15)31-3/h4-12,21,29H,1-3H3,(H3,24,26,27). The summed E-state index contributed by atoms with van der Waals surface area (Å²) in [6.07, 6.45) is 5.29. The number of para-hydroxylation sites is 1. The Kier molecular flexibility index (Phi) is 5.31. The number of likely N-dealkylation sites (N-methyl/N-ethyl adjacent to an activating group) is 1. The van der Waals surface area contributed by atoms with Gasteiger partial charge in [0.2, 0.25) is 0 Å². The first-order valence-corrected chi connectivity index (χ1v) is 9.66. The summed E-state index contributed by atoms with van der Waals surface area (Å²) in [6.45, 7) is 0. The van der Waals surface area contributed by atoms with Crippen LogP contribution in [0.5, 0.6) is 5.75 Å². The van der Waals surface area contributed by atoms with Gasteiger partial charge in [0.05, 0.1) is 18.2 Å². The van der Waals surface area contributed by atoms with Crippen LogP contribution >= 0.6 is 0 Å². The van der Waals surface area contributed by atoms with E-state index in [-0.39, 0.29) is 0 Å². The summed E-state index contributed by atoms with van der Waals surface area (Å²) < 4.78 is 5.51. The van der Waals surface area contributed by atoms with E-state index in [2.05, 4.69) is 15.0 Å². The van der Waals surface area contributed by atoms with Crippen LogP contribution in [0.3, 0.4) is 0 Å². The summed E-state index contributed by atoms with van der Waals surface area (Å²) in [7, 11) is 4.80. The third kappa shape index (κ3) is 3.57. The van der Waals surface area contributed by atoms with E-state index in [9.17, 15) is 9.90 Å². The predicted molar refractivity (Wildman–Crippen MR) is 119 cm³/mol. The molecule has 0 fully saturated rings. The monoisotopic (exact) mass is 417 g/mol. The second kappa shape index (κ2) is 8.08. The number of aliphatic hydroxyl groups is 1. The Morgan fingerprint density at radius 1 is 1.16 bits per heavy atom. The van der Waals surface area contributed by atoms with Gasteiger partial charge in [0.25, 0.3) is 5.91 Å². The number of nitrogens with two attached hydrogens (primary N) is 1. The Bertz CT molecular complexity index is 1270. The van der Waals surface area contributed by atoms with Gasteiger partial charge in [-0.15, -0.1) is 0 Å². The third-order valence-electron chi connectivity index (χ3n) is 5.20. The number of methoxy groups -OCH3 is 1. The molecule has 158 valence electrons. The number of aromatic amines is 1. The first kappa shape index (κ1) is 20.4. The van der Waals surface area contributed by atoms with Gasteiger partial charge in [0.15, 0.2) is 6.10 Å². The molecule has 4 aromatic rings. The molecule has 0 spiro atoms. The number of aromatic nitrogens is 3. The fourth-order valence-corrected chi connectivity index (χ4v) is 3.57. The fraction of sp³-hybridized carbons (Fsp3) is 0.174. The van der Waals surface area contributed by atoms with E-state index in [1.54, 1.807) is 39.7 Å². The Morgan fingerprint density at radius 2 is 1.94 bits per heavy atom. The summed E-state index contributed by atoms with van der Waals surface area (Å²) in [4.78, 5) is 25.4. The number of carbonyl (C=O) groups excluding carboxylic acids is 1. The molecule has 0 bridgehead atoms. The van der Waals surface area contributed by atoms with Crippen molar-refractivity contribution in [1.29, 1.82) is 0 Å². The number of anilines is 1. The van der Waals surface area contributed by atoms with Crippen molar-refractivity contribution in [3.8, 4) is 28.0 Å². The highest BCUT2D eigenvalue weighted by molar-refractivity contribution is 6.07. The van der Waals surface area contributed by atoms with Crippen LogP contribution in [0.1, 0.15) is 11.7 Å². The number of nitrogen functional groups attached to an aromatic ring is 1. The van der Waals surface area contributed by atoms with Crippen molar-refractivity contribution in [2.45, 2.75) is 6.10 Å². The van der Waals surface area contributed by atoms with Crippen molar-refractivity contribution in [3.63, 3.8) is 0 Å². The van der Waals surface area contributed by atoms with Crippen LogP contribution in [-0.2, 0) is 4.79 Å². The van der Waals surface area contributed by atoms with Crippen LogP contribution in [0.25, 0.3) is 33.3 Å². The van der Waals surface area contributed by atoms with Crippen molar-refractivity contribution in [1.82, 2.24) is 19.9 Å². The molecule has 0 saturated carbocycles. The third-order valence-corrected chi connectivity index (χ3v) is 5.20. The zero-order chi connectivity index (χ0) is 22.1. The number of carbonyl (C=O) groups is 1. The average molecular weight is 417 g/mol. The number of fused-ring (bicyclic) bond motifs is 1. The first-order chi connectivity index (χ1) is 14.9. The van der Waals surface area contributed by atoms with E-state index in [1.807, 2.05) is 30.5 Å². The molecule has 0 aliphatic heterocycles. The van der Waals surface area contributed by atoms with Crippen molar-refractivity contribution in [2.75, 3.05) is 26.9 Å². The molecule has 0 radical (unpaired) electrons. The number of rotatable bonds is 5. The van der Waals surface area contributed by atoms with E-state index in [4.69, 9.17) is 10.5 Å². The van der Waals surface area contributed by atoms with Gasteiger partial charge in [-0.1, -0.05) is 18.2 Å². The summed E-state index contributed by atoms with van der Waals surface area (Å²) in [5, 5.41) is 11.2. The van der Waals surface area contributed by atoms with Crippen LogP contribution in [0.2, 0.25) is 0 Å². The number of nitrogens with one attached hydrogen (secondary N) is 1. The number of amides is 1. The lowest BCUT2D eigenvalue weighted by atomic mass is 9.99.